The van der Waals surface area contributed by atoms with Gasteiger partial charge in [-0.3, -0.25) is 14.7 Å². The van der Waals surface area contributed by atoms with E-state index in [4.69, 9.17) is 9.97 Å². The summed E-state index contributed by atoms with van der Waals surface area (Å²) in [5.41, 5.74) is 4.89. The minimum absolute atomic E-state index is 0.113. The van der Waals surface area contributed by atoms with E-state index in [1.807, 2.05) is 0 Å². The molecule has 39 heavy (non-hydrogen) atoms. The number of nitrogens with one attached hydrogen (secondary N) is 1. The highest BCUT2D eigenvalue weighted by atomic mass is 15.3. The molecule has 2 aliphatic heterocycles. The fraction of sp³-hybridized carbons (Fsp3) is 0.625. The number of hydrogen-bond donors (Lipinski definition) is 1. The summed E-state index contributed by atoms with van der Waals surface area (Å²) in [5.74, 6) is 1.19. The first-order chi connectivity index (χ1) is 18.8. The second-order valence-corrected chi connectivity index (χ2v) is 12.2. The van der Waals surface area contributed by atoms with Crippen molar-refractivity contribution in [2.75, 3.05) is 40.3 Å². The molecule has 0 bridgehead atoms. The van der Waals surface area contributed by atoms with Crippen LogP contribution in [0.15, 0.2) is 42.6 Å². The molecule has 3 atom stereocenters. The molecule has 7 nitrogen and oxygen atoms in total. The van der Waals surface area contributed by atoms with Gasteiger partial charge in [0.15, 0.2) is 5.65 Å². The van der Waals surface area contributed by atoms with E-state index in [-0.39, 0.29) is 5.54 Å². The summed E-state index contributed by atoms with van der Waals surface area (Å²) in [7, 11) is 4.46. The average molecular weight is 532 g/mol. The van der Waals surface area contributed by atoms with E-state index in [9.17, 15) is 0 Å². The van der Waals surface area contributed by atoms with Gasteiger partial charge in [-0.25, -0.2) is 9.97 Å². The standard InChI is InChI=1S/C32H49N7/c1-7-12-29(38-21-24(3)34-25(4)22-38)31-35-28-19-26(20-33-30(28)39(31)8-2)23-37-17-15-32(16-18-37,36(5)6)27-13-10-9-11-14-27/h9-11,13-14,19-20,24-25,29,34H,7-8,12,15-18,21-23H2,1-6H3/t24-,25?,29?/m1/s1. The zero-order valence-electron chi connectivity index (χ0n) is 25.0. The predicted molar refractivity (Wildman–Crippen MR) is 161 cm³/mol. The Balaban J connectivity index is 1.35. The number of piperazine rings is 1. The van der Waals surface area contributed by atoms with Crippen molar-refractivity contribution in [2.24, 2.45) is 0 Å². The van der Waals surface area contributed by atoms with Crippen LogP contribution in [-0.2, 0) is 18.6 Å². The number of nitrogens with zero attached hydrogens (tertiary/aromatic N) is 6. The van der Waals surface area contributed by atoms with Gasteiger partial charge in [0.05, 0.1) is 6.04 Å². The summed E-state index contributed by atoms with van der Waals surface area (Å²) in [6.45, 7) is 15.2. The van der Waals surface area contributed by atoms with Gasteiger partial charge in [0.2, 0.25) is 0 Å². The highest BCUT2D eigenvalue weighted by Crippen LogP contribution is 2.38. The molecule has 2 saturated heterocycles. The van der Waals surface area contributed by atoms with Crippen LogP contribution in [0.5, 0.6) is 0 Å². The summed E-state index contributed by atoms with van der Waals surface area (Å²) in [4.78, 5) is 18.0. The van der Waals surface area contributed by atoms with Gasteiger partial charge in [-0.2, -0.15) is 0 Å². The molecule has 212 valence electrons. The smallest absolute Gasteiger partial charge is 0.160 e. The van der Waals surface area contributed by atoms with Crippen molar-refractivity contribution in [1.29, 1.82) is 0 Å². The van der Waals surface area contributed by atoms with Gasteiger partial charge < -0.3 is 9.88 Å². The van der Waals surface area contributed by atoms with E-state index in [1.54, 1.807) is 0 Å². The third-order valence-corrected chi connectivity index (χ3v) is 9.13. The minimum atomic E-state index is 0.113. The monoisotopic (exact) mass is 531 g/mol. The number of aryl methyl sites for hydroxylation is 1. The molecule has 3 aromatic rings. The largest absolute Gasteiger partial charge is 0.312 e. The molecular formula is C32H49N7. The summed E-state index contributed by atoms with van der Waals surface area (Å²) in [6.07, 6.45) is 6.63. The van der Waals surface area contributed by atoms with Gasteiger partial charge in [0, 0.05) is 63.1 Å². The van der Waals surface area contributed by atoms with Crippen LogP contribution < -0.4 is 5.32 Å². The van der Waals surface area contributed by atoms with E-state index >= 15 is 0 Å². The normalized spacial score (nSPS) is 23.5. The number of aromatic nitrogens is 3. The molecule has 1 N–H and O–H groups in total. The highest BCUT2D eigenvalue weighted by Gasteiger charge is 2.38. The van der Waals surface area contributed by atoms with Crippen LogP contribution in [0, 0.1) is 0 Å². The Hall–Kier alpha value is -2.32. The number of pyridine rings is 1. The maximum Gasteiger partial charge on any atom is 0.160 e. The fourth-order valence-electron chi connectivity index (χ4n) is 7.18. The average Bonchev–Trinajstić information content (AvgIpc) is 3.29. The second-order valence-electron chi connectivity index (χ2n) is 12.2. The Bertz CT molecular complexity index is 1200. The number of benzene rings is 1. The Labute approximate surface area is 235 Å². The van der Waals surface area contributed by atoms with Crippen LogP contribution in [0.2, 0.25) is 0 Å². The van der Waals surface area contributed by atoms with Gasteiger partial charge in [0.25, 0.3) is 0 Å². The minimum Gasteiger partial charge on any atom is -0.312 e. The lowest BCUT2D eigenvalue weighted by Gasteiger charge is -2.46. The molecule has 2 aliphatic rings. The zero-order valence-corrected chi connectivity index (χ0v) is 25.0. The lowest BCUT2D eigenvalue weighted by molar-refractivity contribution is 0.0507. The summed E-state index contributed by atoms with van der Waals surface area (Å²) >= 11 is 0. The number of fused-ring (bicyclic) bond motifs is 1. The van der Waals surface area contributed by atoms with Crippen molar-refractivity contribution in [3.05, 3.63) is 59.5 Å². The van der Waals surface area contributed by atoms with Gasteiger partial charge in [-0.15, -0.1) is 0 Å². The fourth-order valence-corrected chi connectivity index (χ4v) is 7.18. The Morgan fingerprint density at radius 3 is 2.36 bits per heavy atom. The van der Waals surface area contributed by atoms with Crippen LogP contribution >= 0.6 is 0 Å². The van der Waals surface area contributed by atoms with Crippen molar-refractivity contribution in [1.82, 2.24) is 34.6 Å². The highest BCUT2D eigenvalue weighted by molar-refractivity contribution is 5.72. The van der Waals surface area contributed by atoms with Crippen molar-refractivity contribution in [3.8, 4) is 0 Å². The maximum atomic E-state index is 5.28. The molecule has 2 aromatic heterocycles. The number of imidazole rings is 1. The summed E-state index contributed by atoms with van der Waals surface area (Å²) < 4.78 is 2.36. The Morgan fingerprint density at radius 2 is 1.74 bits per heavy atom. The van der Waals surface area contributed by atoms with E-state index in [0.29, 0.717) is 18.1 Å². The van der Waals surface area contributed by atoms with Crippen LogP contribution in [0.25, 0.3) is 11.2 Å². The van der Waals surface area contributed by atoms with Gasteiger partial charge >= 0.3 is 0 Å². The van der Waals surface area contributed by atoms with E-state index in [1.165, 1.54) is 17.0 Å². The first kappa shape index (κ1) is 28.2. The topological polar surface area (TPSA) is 52.5 Å². The lowest BCUT2D eigenvalue weighted by atomic mass is 9.79. The first-order valence-corrected chi connectivity index (χ1v) is 15.1. The molecule has 0 spiro atoms. The quantitative estimate of drug-likeness (QED) is 0.418. The van der Waals surface area contributed by atoms with Gasteiger partial charge in [-0.05, 0) is 71.3 Å². The lowest BCUT2D eigenvalue weighted by Crippen LogP contribution is -2.55. The molecule has 4 heterocycles. The van der Waals surface area contributed by atoms with Crippen LogP contribution in [-0.4, -0.2) is 81.6 Å². The molecule has 0 saturated carbocycles. The molecule has 2 fully saturated rings. The molecule has 2 unspecified atom stereocenters. The van der Waals surface area contributed by atoms with Crippen LogP contribution in [0.1, 0.15) is 76.4 Å². The number of rotatable bonds is 9. The molecule has 7 heteroatoms. The Kier molecular flexibility index (Phi) is 8.72. The molecule has 0 amide bonds. The number of piperidine rings is 1. The van der Waals surface area contributed by atoms with Crippen molar-refractivity contribution >= 4 is 11.2 Å². The second kappa shape index (κ2) is 12.0. The Morgan fingerprint density at radius 1 is 1.05 bits per heavy atom. The summed E-state index contributed by atoms with van der Waals surface area (Å²) in [6, 6.07) is 14.7. The molecule has 1 aromatic carbocycles. The van der Waals surface area contributed by atoms with Crippen molar-refractivity contribution in [3.63, 3.8) is 0 Å². The van der Waals surface area contributed by atoms with E-state index < -0.39 is 0 Å². The third kappa shape index (κ3) is 5.78. The summed E-state index contributed by atoms with van der Waals surface area (Å²) in [5, 5.41) is 3.69. The van der Waals surface area contributed by atoms with Crippen LogP contribution in [0.3, 0.4) is 0 Å². The molecule has 5 rings (SSSR count). The number of likely N-dealkylation sites (tertiary alicyclic amines) is 1. The maximum absolute atomic E-state index is 5.28. The van der Waals surface area contributed by atoms with E-state index in [2.05, 4.69) is 109 Å². The third-order valence-electron chi connectivity index (χ3n) is 9.13. The predicted octanol–water partition coefficient (Wildman–Crippen LogP) is 5.03. The van der Waals surface area contributed by atoms with E-state index in [0.717, 1.165) is 76.1 Å². The van der Waals surface area contributed by atoms with Crippen molar-refractivity contribution < 1.29 is 0 Å². The van der Waals surface area contributed by atoms with Crippen LogP contribution in [0.4, 0.5) is 0 Å². The zero-order chi connectivity index (χ0) is 27.6. The van der Waals surface area contributed by atoms with Gasteiger partial charge in [-0.1, -0.05) is 43.7 Å². The first-order valence-electron chi connectivity index (χ1n) is 15.1. The van der Waals surface area contributed by atoms with Gasteiger partial charge in [0.1, 0.15) is 11.3 Å². The SMILES string of the molecule is CCCC(c1nc2cc(CN3CCC(c4ccccc4)(N(C)C)CC3)cnc2n1CC)N1CC(C)N[C@H](C)C1. The molecule has 0 radical (unpaired) electrons. The van der Waals surface area contributed by atoms with Crippen molar-refractivity contribution in [2.45, 2.75) is 90.1 Å². The molecule has 0 aliphatic carbocycles. The molecular weight excluding hydrogens is 482 g/mol. The number of hydrogen-bond acceptors (Lipinski definition) is 6.